The molecule has 1 aliphatic carbocycles. The molecule has 1 aromatic rings. The highest BCUT2D eigenvalue weighted by molar-refractivity contribution is 6.42. The minimum Gasteiger partial charge on any atom is -0.508 e. The Morgan fingerprint density at radius 2 is 1.75 bits per heavy atom. The number of hydrogen-bond donors (Lipinski definition) is 2. The Labute approximate surface area is 154 Å². The molecule has 2 N–H and O–H groups in total. The number of benzene rings is 1. The molecule has 1 saturated heterocycles. The van der Waals surface area contributed by atoms with Gasteiger partial charge >= 0.3 is 0 Å². The minimum atomic E-state index is 0.219. The maximum absolute atomic E-state index is 10.2. The van der Waals surface area contributed by atoms with Gasteiger partial charge in [-0.15, -0.1) is 0 Å². The van der Waals surface area contributed by atoms with Crippen LogP contribution in [0, 0.1) is 11.8 Å². The van der Waals surface area contributed by atoms with Gasteiger partial charge in [0.1, 0.15) is 5.75 Å². The zero-order chi connectivity index (χ0) is 17.1. The van der Waals surface area contributed by atoms with E-state index >= 15 is 0 Å². The molecule has 0 unspecified atom stereocenters. The lowest BCUT2D eigenvalue weighted by molar-refractivity contribution is 0.0317. The summed E-state index contributed by atoms with van der Waals surface area (Å²) in [5, 5.41) is 20.7. The van der Waals surface area contributed by atoms with Gasteiger partial charge in [-0.1, -0.05) is 42.5 Å². The summed E-state index contributed by atoms with van der Waals surface area (Å²) < 4.78 is 0. The third kappa shape index (κ3) is 4.19. The molecule has 2 aliphatic rings. The van der Waals surface area contributed by atoms with Crippen molar-refractivity contribution < 1.29 is 10.2 Å². The predicted octanol–water partition coefficient (Wildman–Crippen LogP) is 4.85. The molecular formula is C19H27Cl2NO2. The number of aliphatic hydroxyl groups is 1. The van der Waals surface area contributed by atoms with Crippen LogP contribution in [-0.2, 0) is 6.54 Å². The third-order valence-electron chi connectivity index (χ3n) is 5.82. The minimum absolute atomic E-state index is 0.219. The van der Waals surface area contributed by atoms with Crippen molar-refractivity contribution in [3.8, 4) is 5.75 Å². The fourth-order valence-corrected chi connectivity index (χ4v) is 4.76. The van der Waals surface area contributed by atoms with Gasteiger partial charge in [-0.2, -0.15) is 0 Å². The Kier molecular flexibility index (Phi) is 6.31. The van der Waals surface area contributed by atoms with Crippen molar-refractivity contribution in [2.45, 2.75) is 57.5 Å². The van der Waals surface area contributed by atoms with Crippen molar-refractivity contribution in [3.63, 3.8) is 0 Å². The molecule has 2 atom stereocenters. The fourth-order valence-electron chi connectivity index (χ4n) is 4.42. The van der Waals surface area contributed by atoms with E-state index in [1.807, 2.05) is 0 Å². The number of phenols is 1. The number of piperidine rings is 1. The summed E-state index contributed by atoms with van der Waals surface area (Å²) in [6.07, 6.45) is 8.62. The van der Waals surface area contributed by atoms with Crippen LogP contribution in [0.25, 0.3) is 0 Å². The van der Waals surface area contributed by atoms with Crippen molar-refractivity contribution in [3.05, 3.63) is 27.7 Å². The lowest BCUT2D eigenvalue weighted by Crippen LogP contribution is -2.47. The van der Waals surface area contributed by atoms with Gasteiger partial charge in [0.15, 0.2) is 0 Å². The molecule has 0 amide bonds. The second-order valence-electron chi connectivity index (χ2n) is 7.40. The molecular weight excluding hydrogens is 345 g/mol. The standard InChI is InChI=1S/C19H27Cl2NO2/c20-16-9-15(19(24)10-17(16)21)11-22-7-6-13(12-23)8-18(22)14-4-2-1-3-5-14/h9-10,13-14,18,23-24H,1-8,11-12H2/t13-,18-/m1/s1. The highest BCUT2D eigenvalue weighted by Gasteiger charge is 2.34. The summed E-state index contributed by atoms with van der Waals surface area (Å²) in [4.78, 5) is 2.49. The largest absolute Gasteiger partial charge is 0.508 e. The summed E-state index contributed by atoms with van der Waals surface area (Å²) in [6.45, 7) is 1.95. The van der Waals surface area contributed by atoms with E-state index < -0.39 is 0 Å². The van der Waals surface area contributed by atoms with Crippen molar-refractivity contribution in [2.75, 3.05) is 13.2 Å². The van der Waals surface area contributed by atoms with Crippen molar-refractivity contribution >= 4 is 23.2 Å². The monoisotopic (exact) mass is 371 g/mol. The number of nitrogens with zero attached hydrogens (tertiary/aromatic N) is 1. The van der Waals surface area contributed by atoms with Gasteiger partial charge in [0.05, 0.1) is 10.0 Å². The molecule has 5 heteroatoms. The highest BCUT2D eigenvalue weighted by Crippen LogP contribution is 2.38. The lowest BCUT2D eigenvalue weighted by Gasteiger charge is -2.44. The molecule has 2 fully saturated rings. The number of phenolic OH excluding ortho intramolecular Hbond substituents is 1. The summed E-state index contributed by atoms with van der Waals surface area (Å²) in [5.74, 6) is 1.34. The first-order chi connectivity index (χ1) is 11.6. The molecule has 1 heterocycles. The Morgan fingerprint density at radius 3 is 2.46 bits per heavy atom. The van der Waals surface area contributed by atoms with Crippen molar-refractivity contribution in [2.24, 2.45) is 11.8 Å². The average Bonchev–Trinajstić information content (AvgIpc) is 2.60. The molecule has 1 aliphatic heterocycles. The van der Waals surface area contributed by atoms with Crippen LogP contribution < -0.4 is 0 Å². The van der Waals surface area contributed by atoms with E-state index in [2.05, 4.69) is 4.90 Å². The van der Waals surface area contributed by atoms with Crippen LogP contribution in [0.1, 0.15) is 50.5 Å². The summed E-state index contributed by atoms with van der Waals surface area (Å²) in [7, 11) is 0. The van der Waals surface area contributed by atoms with Crippen molar-refractivity contribution in [1.29, 1.82) is 0 Å². The second kappa shape index (κ2) is 8.27. The molecule has 1 aromatic carbocycles. The zero-order valence-corrected chi connectivity index (χ0v) is 15.6. The quantitative estimate of drug-likeness (QED) is 0.794. The SMILES string of the molecule is OC[C@@H]1CCN(Cc2cc(Cl)c(Cl)cc2O)[C@@H](C2CCCCC2)C1. The van der Waals surface area contributed by atoms with Crippen LogP contribution in [0.4, 0.5) is 0 Å². The van der Waals surface area contributed by atoms with E-state index in [0.29, 0.717) is 34.5 Å². The van der Waals surface area contributed by atoms with Gasteiger partial charge in [-0.3, -0.25) is 4.90 Å². The van der Waals surface area contributed by atoms with Crippen LogP contribution in [0.5, 0.6) is 5.75 Å². The number of aliphatic hydroxyl groups excluding tert-OH is 1. The molecule has 24 heavy (non-hydrogen) atoms. The van der Waals surface area contributed by atoms with E-state index in [4.69, 9.17) is 23.2 Å². The predicted molar refractivity (Wildman–Crippen MR) is 98.7 cm³/mol. The van der Waals surface area contributed by atoms with E-state index in [0.717, 1.165) is 24.9 Å². The third-order valence-corrected chi connectivity index (χ3v) is 6.54. The van der Waals surface area contributed by atoms with E-state index in [9.17, 15) is 10.2 Å². The molecule has 3 nitrogen and oxygen atoms in total. The highest BCUT2D eigenvalue weighted by atomic mass is 35.5. The molecule has 0 spiro atoms. The van der Waals surface area contributed by atoms with Crippen molar-refractivity contribution in [1.82, 2.24) is 4.90 Å². The first-order valence-electron chi connectivity index (χ1n) is 9.10. The van der Waals surface area contributed by atoms with E-state index in [1.165, 1.54) is 38.2 Å². The van der Waals surface area contributed by atoms with Crippen LogP contribution in [0.2, 0.25) is 10.0 Å². The van der Waals surface area contributed by atoms with Gasteiger partial charge in [0, 0.05) is 30.8 Å². The number of hydrogen-bond acceptors (Lipinski definition) is 3. The summed E-state index contributed by atoms with van der Waals surface area (Å²) in [5.41, 5.74) is 0.840. The first kappa shape index (κ1) is 18.3. The molecule has 1 saturated carbocycles. The first-order valence-corrected chi connectivity index (χ1v) is 9.86. The van der Waals surface area contributed by atoms with Gasteiger partial charge < -0.3 is 10.2 Å². The molecule has 0 aromatic heterocycles. The Morgan fingerprint density at radius 1 is 1.04 bits per heavy atom. The number of aromatic hydroxyl groups is 1. The molecule has 134 valence electrons. The fraction of sp³-hybridized carbons (Fsp3) is 0.684. The lowest BCUT2D eigenvalue weighted by atomic mass is 9.77. The smallest absolute Gasteiger partial charge is 0.121 e. The second-order valence-corrected chi connectivity index (χ2v) is 8.22. The van der Waals surface area contributed by atoms with Gasteiger partial charge in [0.25, 0.3) is 0 Å². The Balaban J connectivity index is 1.77. The van der Waals surface area contributed by atoms with E-state index in [-0.39, 0.29) is 12.4 Å². The van der Waals surface area contributed by atoms with Gasteiger partial charge in [-0.25, -0.2) is 0 Å². The summed E-state index contributed by atoms with van der Waals surface area (Å²) in [6, 6.07) is 3.81. The van der Waals surface area contributed by atoms with Gasteiger partial charge in [0.2, 0.25) is 0 Å². The van der Waals surface area contributed by atoms with Crippen LogP contribution >= 0.6 is 23.2 Å². The van der Waals surface area contributed by atoms with Crippen LogP contribution in [-0.4, -0.2) is 34.3 Å². The molecule has 0 bridgehead atoms. The topological polar surface area (TPSA) is 43.7 Å². The number of rotatable bonds is 4. The number of halogens is 2. The van der Waals surface area contributed by atoms with E-state index in [1.54, 1.807) is 6.07 Å². The maximum atomic E-state index is 10.2. The number of likely N-dealkylation sites (tertiary alicyclic amines) is 1. The Hall–Kier alpha value is -0.480. The normalized spacial score (nSPS) is 26.6. The maximum Gasteiger partial charge on any atom is 0.121 e. The van der Waals surface area contributed by atoms with Crippen LogP contribution in [0.15, 0.2) is 12.1 Å². The summed E-state index contributed by atoms with van der Waals surface area (Å²) >= 11 is 12.1. The van der Waals surface area contributed by atoms with Gasteiger partial charge in [-0.05, 0) is 50.1 Å². The molecule has 3 rings (SSSR count). The van der Waals surface area contributed by atoms with Crippen LogP contribution in [0.3, 0.4) is 0 Å². The Bertz CT molecular complexity index is 561. The average molecular weight is 372 g/mol. The molecule has 0 radical (unpaired) electrons. The zero-order valence-electron chi connectivity index (χ0n) is 14.1.